The maximum absolute atomic E-state index is 11.5. The average molecular weight is 227 g/mol. The van der Waals surface area contributed by atoms with Gasteiger partial charge in [0.1, 0.15) is 11.3 Å². The molecule has 1 unspecified atom stereocenters. The number of carbonyl (C=O) groups is 1. The molecule has 1 aromatic rings. The number of carbonyl (C=O) groups excluding carboxylic acids is 1. The molecule has 1 amide bonds. The Bertz CT molecular complexity index is 336. The molecule has 6 nitrogen and oxygen atoms in total. The number of aromatic nitrogens is 1. The topological polar surface area (TPSA) is 87.4 Å². The number of hydrogen-bond acceptors (Lipinski definition) is 5. The van der Waals surface area contributed by atoms with Crippen molar-refractivity contribution in [3.63, 3.8) is 0 Å². The first-order valence-electron chi connectivity index (χ1n) is 5.19. The van der Waals surface area contributed by atoms with Crippen molar-refractivity contribution in [2.45, 2.75) is 20.0 Å². The van der Waals surface area contributed by atoms with Gasteiger partial charge in [0.05, 0.1) is 12.3 Å². The second-order valence-corrected chi connectivity index (χ2v) is 3.60. The van der Waals surface area contributed by atoms with Crippen LogP contribution in [-0.4, -0.2) is 41.9 Å². The molecule has 0 aliphatic rings. The third kappa shape index (κ3) is 4.00. The third-order valence-electron chi connectivity index (χ3n) is 2.02. The molecular formula is C10H17N3O3. The lowest BCUT2D eigenvalue weighted by molar-refractivity contribution is 0.0952. The van der Waals surface area contributed by atoms with Crippen LogP contribution in [0.25, 0.3) is 0 Å². The van der Waals surface area contributed by atoms with Gasteiger partial charge in [0, 0.05) is 19.6 Å². The highest BCUT2D eigenvalue weighted by Gasteiger charge is 2.11. The van der Waals surface area contributed by atoms with Crippen molar-refractivity contribution in [3.05, 3.63) is 17.5 Å². The first-order chi connectivity index (χ1) is 7.61. The predicted molar refractivity (Wildman–Crippen MR) is 58.1 cm³/mol. The molecular weight excluding hydrogens is 210 g/mol. The SMILES string of the molecule is Cc1oncc1C(=O)NCCNCC(C)O. The van der Waals surface area contributed by atoms with Crippen molar-refractivity contribution in [2.24, 2.45) is 0 Å². The van der Waals surface area contributed by atoms with Crippen molar-refractivity contribution in [3.8, 4) is 0 Å². The highest BCUT2D eigenvalue weighted by atomic mass is 16.5. The van der Waals surface area contributed by atoms with Gasteiger partial charge in [0.15, 0.2) is 0 Å². The summed E-state index contributed by atoms with van der Waals surface area (Å²) in [5, 5.41) is 18.2. The van der Waals surface area contributed by atoms with Crippen LogP contribution < -0.4 is 10.6 Å². The minimum Gasteiger partial charge on any atom is -0.392 e. The van der Waals surface area contributed by atoms with Crippen LogP contribution in [0, 0.1) is 6.92 Å². The Labute approximate surface area is 94.0 Å². The van der Waals surface area contributed by atoms with Crippen LogP contribution in [0.3, 0.4) is 0 Å². The highest BCUT2D eigenvalue weighted by Crippen LogP contribution is 2.04. The van der Waals surface area contributed by atoms with Crippen LogP contribution in [0.2, 0.25) is 0 Å². The summed E-state index contributed by atoms with van der Waals surface area (Å²) < 4.78 is 4.79. The predicted octanol–water partition coefficient (Wildman–Crippen LogP) is -0.317. The molecule has 1 rings (SSSR count). The molecule has 1 atom stereocenters. The number of amides is 1. The Morgan fingerprint density at radius 2 is 2.38 bits per heavy atom. The number of aliphatic hydroxyl groups excluding tert-OH is 1. The molecule has 16 heavy (non-hydrogen) atoms. The lowest BCUT2D eigenvalue weighted by Crippen LogP contribution is -2.34. The van der Waals surface area contributed by atoms with Gasteiger partial charge >= 0.3 is 0 Å². The van der Waals surface area contributed by atoms with Crippen molar-refractivity contribution in [1.29, 1.82) is 0 Å². The van der Waals surface area contributed by atoms with E-state index in [0.29, 0.717) is 31.0 Å². The van der Waals surface area contributed by atoms with Gasteiger partial charge in [-0.15, -0.1) is 0 Å². The van der Waals surface area contributed by atoms with Crippen molar-refractivity contribution < 1.29 is 14.4 Å². The first kappa shape index (κ1) is 12.7. The largest absolute Gasteiger partial charge is 0.392 e. The molecule has 1 heterocycles. The summed E-state index contributed by atoms with van der Waals surface area (Å²) in [7, 11) is 0. The third-order valence-corrected chi connectivity index (χ3v) is 2.02. The monoisotopic (exact) mass is 227 g/mol. The number of rotatable bonds is 6. The number of aliphatic hydroxyl groups is 1. The summed E-state index contributed by atoms with van der Waals surface area (Å²) in [5.74, 6) is 0.312. The minimum atomic E-state index is -0.379. The van der Waals surface area contributed by atoms with Gasteiger partial charge < -0.3 is 20.3 Å². The van der Waals surface area contributed by atoms with E-state index in [2.05, 4.69) is 15.8 Å². The Kier molecular flexibility index (Phi) is 4.94. The lowest BCUT2D eigenvalue weighted by atomic mass is 10.2. The van der Waals surface area contributed by atoms with Crippen molar-refractivity contribution >= 4 is 5.91 Å². The van der Waals surface area contributed by atoms with E-state index in [4.69, 9.17) is 9.63 Å². The van der Waals surface area contributed by atoms with E-state index in [1.807, 2.05) is 0 Å². The molecule has 0 radical (unpaired) electrons. The van der Waals surface area contributed by atoms with Crippen LogP contribution >= 0.6 is 0 Å². The van der Waals surface area contributed by atoms with E-state index < -0.39 is 0 Å². The lowest BCUT2D eigenvalue weighted by Gasteiger charge is -2.07. The minimum absolute atomic E-state index is 0.197. The summed E-state index contributed by atoms with van der Waals surface area (Å²) in [6.45, 7) is 5.01. The average Bonchev–Trinajstić information content (AvgIpc) is 2.63. The van der Waals surface area contributed by atoms with Crippen molar-refractivity contribution in [1.82, 2.24) is 15.8 Å². The summed E-state index contributed by atoms with van der Waals surface area (Å²) in [5.41, 5.74) is 0.454. The van der Waals surface area contributed by atoms with Crippen LogP contribution in [-0.2, 0) is 0 Å². The number of nitrogens with zero attached hydrogens (tertiary/aromatic N) is 1. The van der Waals surface area contributed by atoms with Gasteiger partial charge in [-0.05, 0) is 13.8 Å². The fraction of sp³-hybridized carbons (Fsp3) is 0.600. The maximum Gasteiger partial charge on any atom is 0.256 e. The fourth-order valence-electron chi connectivity index (χ4n) is 1.19. The molecule has 0 spiro atoms. The van der Waals surface area contributed by atoms with Crippen molar-refractivity contribution in [2.75, 3.05) is 19.6 Å². The smallest absolute Gasteiger partial charge is 0.256 e. The zero-order valence-corrected chi connectivity index (χ0v) is 9.49. The second kappa shape index (κ2) is 6.24. The Morgan fingerprint density at radius 1 is 1.62 bits per heavy atom. The van der Waals surface area contributed by atoms with Gasteiger partial charge in [-0.2, -0.15) is 0 Å². The normalized spacial score (nSPS) is 12.4. The number of nitrogens with one attached hydrogen (secondary N) is 2. The summed E-state index contributed by atoms with van der Waals surface area (Å²) in [4.78, 5) is 11.5. The summed E-state index contributed by atoms with van der Waals surface area (Å²) in [6.07, 6.45) is 1.02. The van der Waals surface area contributed by atoms with Crippen LogP contribution in [0.1, 0.15) is 23.0 Å². The molecule has 6 heteroatoms. The van der Waals surface area contributed by atoms with E-state index in [-0.39, 0.29) is 12.0 Å². The zero-order chi connectivity index (χ0) is 12.0. The molecule has 0 bridgehead atoms. The fourth-order valence-corrected chi connectivity index (χ4v) is 1.19. The second-order valence-electron chi connectivity index (χ2n) is 3.60. The number of aryl methyl sites for hydroxylation is 1. The van der Waals surface area contributed by atoms with Gasteiger partial charge in [0.25, 0.3) is 5.91 Å². The summed E-state index contributed by atoms with van der Waals surface area (Å²) >= 11 is 0. The molecule has 0 saturated carbocycles. The standard InChI is InChI=1S/C10H17N3O3/c1-7(14)5-11-3-4-12-10(15)9-6-13-16-8(9)2/h6-7,11,14H,3-5H2,1-2H3,(H,12,15). The molecule has 90 valence electrons. The van der Waals surface area contributed by atoms with Crippen LogP contribution in [0.5, 0.6) is 0 Å². The van der Waals surface area contributed by atoms with Crippen LogP contribution in [0.4, 0.5) is 0 Å². The van der Waals surface area contributed by atoms with E-state index in [0.717, 1.165) is 0 Å². The van der Waals surface area contributed by atoms with Gasteiger partial charge in [-0.3, -0.25) is 4.79 Å². The first-order valence-corrected chi connectivity index (χ1v) is 5.19. The molecule has 0 saturated heterocycles. The molecule has 1 aromatic heterocycles. The van der Waals surface area contributed by atoms with E-state index in [9.17, 15) is 4.79 Å². The maximum atomic E-state index is 11.5. The van der Waals surface area contributed by atoms with E-state index in [1.54, 1.807) is 13.8 Å². The number of hydrogen-bond donors (Lipinski definition) is 3. The zero-order valence-electron chi connectivity index (χ0n) is 9.49. The summed E-state index contributed by atoms with van der Waals surface area (Å²) in [6, 6.07) is 0. The Morgan fingerprint density at radius 3 is 2.94 bits per heavy atom. The van der Waals surface area contributed by atoms with Gasteiger partial charge in [-0.25, -0.2) is 0 Å². The van der Waals surface area contributed by atoms with Gasteiger partial charge in [0.2, 0.25) is 0 Å². The van der Waals surface area contributed by atoms with E-state index >= 15 is 0 Å². The molecule has 0 aliphatic carbocycles. The molecule has 0 fully saturated rings. The Hall–Kier alpha value is -1.40. The highest BCUT2D eigenvalue weighted by molar-refractivity contribution is 5.94. The Balaban J connectivity index is 2.19. The van der Waals surface area contributed by atoms with Gasteiger partial charge in [-0.1, -0.05) is 5.16 Å². The quantitative estimate of drug-likeness (QED) is 0.580. The van der Waals surface area contributed by atoms with E-state index in [1.165, 1.54) is 6.20 Å². The molecule has 3 N–H and O–H groups in total. The van der Waals surface area contributed by atoms with Crippen LogP contribution in [0.15, 0.2) is 10.7 Å². The molecule has 0 aliphatic heterocycles. The molecule has 0 aromatic carbocycles.